The standard InChI is InChI=1S/C13H7Cl2F3N6O2/c1-5(25)20-6-2-3-7(21-11(6)26-13(16,17)18)24-4-19-8-9(14)22-12(15)23-10(8)24/h2-4H,1H3,(H,20,25). The topological polar surface area (TPSA) is 94.8 Å². The number of halogens is 5. The Kier molecular flexibility index (Phi) is 4.59. The summed E-state index contributed by atoms with van der Waals surface area (Å²) in [5.74, 6) is -1.46. The highest BCUT2D eigenvalue weighted by molar-refractivity contribution is 6.35. The van der Waals surface area contributed by atoms with Gasteiger partial charge in [0.25, 0.3) is 0 Å². The summed E-state index contributed by atoms with van der Waals surface area (Å²) in [4.78, 5) is 26.6. The minimum Gasteiger partial charge on any atom is -0.385 e. The summed E-state index contributed by atoms with van der Waals surface area (Å²) in [7, 11) is 0. The molecule has 0 saturated heterocycles. The fourth-order valence-corrected chi connectivity index (χ4v) is 2.47. The van der Waals surface area contributed by atoms with Crippen molar-refractivity contribution in [2.75, 3.05) is 5.32 Å². The van der Waals surface area contributed by atoms with Gasteiger partial charge in [-0.2, -0.15) is 9.97 Å². The predicted molar refractivity (Wildman–Crippen MR) is 85.5 cm³/mol. The first-order chi connectivity index (χ1) is 12.1. The molecule has 26 heavy (non-hydrogen) atoms. The van der Waals surface area contributed by atoms with Crippen molar-refractivity contribution < 1.29 is 22.7 Å². The second-order valence-corrected chi connectivity index (χ2v) is 5.52. The van der Waals surface area contributed by atoms with Crippen LogP contribution in [0.1, 0.15) is 6.92 Å². The number of hydrogen-bond acceptors (Lipinski definition) is 6. The van der Waals surface area contributed by atoms with Crippen molar-refractivity contribution in [1.82, 2.24) is 24.5 Å². The Morgan fingerprint density at radius 1 is 1.23 bits per heavy atom. The number of anilines is 1. The number of nitrogens with one attached hydrogen (secondary N) is 1. The number of pyridine rings is 1. The molecule has 0 unspecified atom stereocenters. The maximum Gasteiger partial charge on any atom is 0.574 e. The summed E-state index contributed by atoms with van der Waals surface area (Å²) in [5.41, 5.74) is 0.0588. The van der Waals surface area contributed by atoms with Gasteiger partial charge in [-0.3, -0.25) is 9.36 Å². The van der Waals surface area contributed by atoms with Crippen LogP contribution in [0, 0.1) is 0 Å². The lowest BCUT2D eigenvalue weighted by atomic mass is 10.3. The van der Waals surface area contributed by atoms with E-state index in [-0.39, 0.29) is 33.1 Å². The highest BCUT2D eigenvalue weighted by Gasteiger charge is 2.33. The Morgan fingerprint density at radius 2 is 1.96 bits per heavy atom. The molecule has 1 amide bonds. The van der Waals surface area contributed by atoms with Gasteiger partial charge in [-0.15, -0.1) is 13.2 Å². The molecule has 0 aliphatic heterocycles. The number of fused-ring (bicyclic) bond motifs is 1. The van der Waals surface area contributed by atoms with Crippen molar-refractivity contribution >= 4 is 46.0 Å². The van der Waals surface area contributed by atoms with E-state index in [2.05, 4.69) is 30.0 Å². The lowest BCUT2D eigenvalue weighted by Crippen LogP contribution is -2.20. The number of aromatic nitrogens is 5. The highest BCUT2D eigenvalue weighted by Crippen LogP contribution is 2.30. The van der Waals surface area contributed by atoms with E-state index in [1.165, 1.54) is 23.0 Å². The fraction of sp³-hybridized carbons (Fsp3) is 0.154. The third-order valence-corrected chi connectivity index (χ3v) is 3.37. The second kappa shape index (κ2) is 6.57. The molecule has 1 N–H and O–H groups in total. The number of carbonyl (C=O) groups is 1. The molecule has 3 rings (SSSR count). The Balaban J connectivity index is 2.14. The van der Waals surface area contributed by atoms with Gasteiger partial charge in [-0.1, -0.05) is 11.6 Å². The van der Waals surface area contributed by atoms with Crippen LogP contribution < -0.4 is 10.1 Å². The van der Waals surface area contributed by atoms with E-state index in [0.717, 1.165) is 6.92 Å². The Morgan fingerprint density at radius 3 is 2.62 bits per heavy atom. The van der Waals surface area contributed by atoms with Crippen molar-refractivity contribution in [1.29, 1.82) is 0 Å². The number of nitrogens with zero attached hydrogens (tertiary/aromatic N) is 5. The molecule has 0 atom stereocenters. The Hall–Kier alpha value is -2.66. The first kappa shape index (κ1) is 18.1. The van der Waals surface area contributed by atoms with E-state index in [1.54, 1.807) is 0 Å². The molecular weight excluding hydrogens is 400 g/mol. The van der Waals surface area contributed by atoms with Gasteiger partial charge in [0.1, 0.15) is 23.3 Å². The number of alkyl halides is 3. The first-order valence-electron chi connectivity index (χ1n) is 6.75. The van der Waals surface area contributed by atoms with Crippen molar-refractivity contribution in [2.24, 2.45) is 0 Å². The zero-order chi connectivity index (χ0) is 19.1. The largest absolute Gasteiger partial charge is 0.574 e. The molecule has 0 aliphatic carbocycles. The van der Waals surface area contributed by atoms with Crippen LogP contribution in [0.15, 0.2) is 18.5 Å². The van der Waals surface area contributed by atoms with E-state index < -0.39 is 18.1 Å². The van der Waals surface area contributed by atoms with Crippen molar-refractivity contribution in [3.05, 3.63) is 28.9 Å². The van der Waals surface area contributed by atoms with Crippen LogP contribution in [0.3, 0.4) is 0 Å². The number of ether oxygens (including phenoxy) is 1. The van der Waals surface area contributed by atoms with Crippen LogP contribution in [-0.4, -0.2) is 36.8 Å². The van der Waals surface area contributed by atoms with Crippen LogP contribution in [0.2, 0.25) is 10.4 Å². The minimum atomic E-state index is -5.01. The van der Waals surface area contributed by atoms with Crippen LogP contribution in [0.5, 0.6) is 5.88 Å². The van der Waals surface area contributed by atoms with Gasteiger partial charge in [0.15, 0.2) is 10.8 Å². The second-order valence-electron chi connectivity index (χ2n) is 4.82. The maximum absolute atomic E-state index is 12.6. The van der Waals surface area contributed by atoms with Crippen molar-refractivity contribution in [3.8, 4) is 11.7 Å². The van der Waals surface area contributed by atoms with Crippen LogP contribution >= 0.6 is 23.2 Å². The maximum atomic E-state index is 12.6. The molecule has 0 aliphatic rings. The van der Waals surface area contributed by atoms with E-state index in [1.807, 2.05) is 0 Å². The van der Waals surface area contributed by atoms with Gasteiger partial charge in [0.2, 0.25) is 17.1 Å². The van der Waals surface area contributed by atoms with E-state index in [0.29, 0.717) is 0 Å². The number of amides is 1. The monoisotopic (exact) mass is 406 g/mol. The van der Waals surface area contributed by atoms with E-state index in [4.69, 9.17) is 23.2 Å². The van der Waals surface area contributed by atoms with Crippen LogP contribution in [0.4, 0.5) is 18.9 Å². The third-order valence-electron chi connectivity index (χ3n) is 2.94. The molecule has 136 valence electrons. The average Bonchev–Trinajstić information content (AvgIpc) is 2.91. The van der Waals surface area contributed by atoms with Crippen molar-refractivity contribution in [2.45, 2.75) is 13.3 Å². The molecular formula is C13H7Cl2F3N6O2. The Labute approximate surface area is 152 Å². The molecule has 0 bridgehead atoms. The quantitative estimate of drug-likeness (QED) is 0.529. The minimum absolute atomic E-state index is 0.0216. The molecule has 3 aromatic heterocycles. The number of hydrogen-bond donors (Lipinski definition) is 1. The van der Waals surface area contributed by atoms with Crippen molar-refractivity contribution in [3.63, 3.8) is 0 Å². The Bertz CT molecular complexity index is 1010. The number of carbonyl (C=O) groups excluding carboxylic acids is 1. The molecule has 13 heteroatoms. The van der Waals surface area contributed by atoms with E-state index in [9.17, 15) is 18.0 Å². The van der Waals surface area contributed by atoms with Gasteiger partial charge in [0, 0.05) is 6.92 Å². The average molecular weight is 407 g/mol. The highest BCUT2D eigenvalue weighted by atomic mass is 35.5. The third kappa shape index (κ3) is 3.78. The molecule has 3 aromatic rings. The molecule has 0 fully saturated rings. The zero-order valence-corrected chi connectivity index (χ0v) is 14.2. The lowest BCUT2D eigenvalue weighted by molar-refractivity contribution is -0.275. The number of imidazole rings is 1. The molecule has 3 heterocycles. The zero-order valence-electron chi connectivity index (χ0n) is 12.7. The normalized spacial score (nSPS) is 11.6. The molecule has 0 aromatic carbocycles. The van der Waals surface area contributed by atoms with Gasteiger partial charge >= 0.3 is 6.36 Å². The molecule has 0 radical (unpaired) electrons. The smallest absolute Gasteiger partial charge is 0.385 e. The van der Waals surface area contributed by atoms with Crippen LogP contribution in [0.25, 0.3) is 17.0 Å². The number of rotatable bonds is 3. The summed E-state index contributed by atoms with van der Waals surface area (Å²) >= 11 is 11.7. The molecule has 0 saturated carbocycles. The lowest BCUT2D eigenvalue weighted by Gasteiger charge is -2.14. The summed E-state index contributed by atoms with van der Waals surface area (Å²) in [6.45, 7) is 1.13. The summed E-state index contributed by atoms with van der Waals surface area (Å²) in [5, 5.41) is 2.00. The van der Waals surface area contributed by atoms with E-state index >= 15 is 0 Å². The van der Waals surface area contributed by atoms with Gasteiger partial charge < -0.3 is 10.1 Å². The predicted octanol–water partition coefficient (Wildman–Crippen LogP) is 3.37. The SMILES string of the molecule is CC(=O)Nc1ccc(-n2cnc3c(Cl)nc(Cl)nc32)nc1OC(F)(F)F. The molecule has 0 spiro atoms. The first-order valence-corrected chi connectivity index (χ1v) is 7.50. The van der Waals surface area contributed by atoms with Gasteiger partial charge in [-0.25, -0.2) is 9.97 Å². The van der Waals surface area contributed by atoms with Crippen LogP contribution in [-0.2, 0) is 4.79 Å². The summed E-state index contributed by atoms with van der Waals surface area (Å²) < 4.78 is 43.1. The summed E-state index contributed by atoms with van der Waals surface area (Å²) in [6, 6.07) is 2.53. The molecule has 8 nitrogen and oxygen atoms in total. The fourth-order valence-electron chi connectivity index (χ4n) is 2.05. The van der Waals surface area contributed by atoms with Gasteiger partial charge in [-0.05, 0) is 23.7 Å². The van der Waals surface area contributed by atoms with Gasteiger partial charge in [0.05, 0.1) is 0 Å². The summed E-state index contributed by atoms with van der Waals surface area (Å²) in [6.07, 6.45) is -3.77.